The molecule has 0 spiro atoms. The van der Waals surface area contributed by atoms with E-state index < -0.39 is 0 Å². The Morgan fingerprint density at radius 1 is 1.30 bits per heavy atom. The van der Waals surface area contributed by atoms with E-state index in [1.807, 2.05) is 6.92 Å². The second kappa shape index (κ2) is 4.37. The maximum Gasteiger partial charge on any atom is 0.0971 e. The summed E-state index contributed by atoms with van der Waals surface area (Å²) in [7, 11) is 0. The van der Waals surface area contributed by atoms with Gasteiger partial charge in [-0.25, -0.2) is 0 Å². The SMILES string of the molecule is CCOC(=C(C)C)C(C)C. The van der Waals surface area contributed by atoms with Gasteiger partial charge in [0.25, 0.3) is 0 Å². The van der Waals surface area contributed by atoms with Gasteiger partial charge in [0, 0.05) is 5.92 Å². The van der Waals surface area contributed by atoms with E-state index in [4.69, 9.17) is 4.74 Å². The molecular weight excluding hydrogens is 124 g/mol. The third kappa shape index (κ3) is 2.90. The number of hydrogen-bond acceptors (Lipinski definition) is 1. The minimum atomic E-state index is 0.518. The molecular formula is C9H18O. The molecule has 60 valence electrons. The summed E-state index contributed by atoms with van der Waals surface area (Å²) in [6, 6.07) is 0. The standard InChI is InChI=1S/C9H18O/c1-6-10-9(7(2)3)8(4)5/h7H,6H2,1-5H3. The van der Waals surface area contributed by atoms with Crippen molar-refractivity contribution in [1.29, 1.82) is 0 Å². The zero-order chi connectivity index (χ0) is 8.15. The summed E-state index contributed by atoms with van der Waals surface area (Å²) in [6.45, 7) is 11.3. The highest BCUT2D eigenvalue weighted by molar-refractivity contribution is 5.04. The van der Waals surface area contributed by atoms with Crippen molar-refractivity contribution < 1.29 is 4.74 Å². The molecule has 0 saturated heterocycles. The molecule has 0 aromatic heterocycles. The van der Waals surface area contributed by atoms with E-state index in [-0.39, 0.29) is 0 Å². The molecule has 0 unspecified atom stereocenters. The first-order valence-corrected chi connectivity index (χ1v) is 3.89. The minimum absolute atomic E-state index is 0.518. The summed E-state index contributed by atoms with van der Waals surface area (Å²) in [5.74, 6) is 1.66. The lowest BCUT2D eigenvalue weighted by Crippen LogP contribution is -2.01. The van der Waals surface area contributed by atoms with Gasteiger partial charge >= 0.3 is 0 Å². The number of ether oxygens (including phenoxy) is 1. The Morgan fingerprint density at radius 3 is 1.90 bits per heavy atom. The first-order valence-electron chi connectivity index (χ1n) is 3.89. The molecule has 0 rings (SSSR count). The van der Waals surface area contributed by atoms with Crippen LogP contribution in [0.5, 0.6) is 0 Å². The van der Waals surface area contributed by atoms with Gasteiger partial charge in [0.1, 0.15) is 0 Å². The average molecular weight is 142 g/mol. The fraction of sp³-hybridized carbons (Fsp3) is 0.778. The van der Waals surface area contributed by atoms with E-state index in [2.05, 4.69) is 27.7 Å². The number of allylic oxidation sites excluding steroid dienone is 2. The Bertz CT molecular complexity index is 119. The Morgan fingerprint density at radius 2 is 1.80 bits per heavy atom. The molecule has 0 N–H and O–H groups in total. The molecule has 0 radical (unpaired) electrons. The Kier molecular flexibility index (Phi) is 4.17. The van der Waals surface area contributed by atoms with E-state index in [1.165, 1.54) is 5.57 Å². The van der Waals surface area contributed by atoms with Gasteiger partial charge in [-0.2, -0.15) is 0 Å². The number of hydrogen-bond donors (Lipinski definition) is 0. The van der Waals surface area contributed by atoms with E-state index in [9.17, 15) is 0 Å². The van der Waals surface area contributed by atoms with Crippen LogP contribution in [0.2, 0.25) is 0 Å². The van der Waals surface area contributed by atoms with Crippen molar-refractivity contribution in [3.8, 4) is 0 Å². The first-order chi connectivity index (χ1) is 4.59. The Hall–Kier alpha value is -0.460. The van der Waals surface area contributed by atoms with Crippen molar-refractivity contribution in [3.05, 3.63) is 11.3 Å². The van der Waals surface area contributed by atoms with Gasteiger partial charge in [0.05, 0.1) is 12.4 Å². The molecule has 0 aliphatic heterocycles. The normalized spacial score (nSPS) is 9.80. The van der Waals surface area contributed by atoms with Crippen molar-refractivity contribution in [3.63, 3.8) is 0 Å². The molecule has 0 bridgehead atoms. The number of rotatable bonds is 3. The highest BCUT2D eigenvalue weighted by Gasteiger charge is 2.04. The monoisotopic (exact) mass is 142 g/mol. The second-order valence-electron chi connectivity index (χ2n) is 2.95. The van der Waals surface area contributed by atoms with Crippen LogP contribution in [0.4, 0.5) is 0 Å². The molecule has 0 heterocycles. The molecule has 0 aliphatic rings. The van der Waals surface area contributed by atoms with Crippen molar-refractivity contribution >= 4 is 0 Å². The van der Waals surface area contributed by atoms with Crippen molar-refractivity contribution in [2.45, 2.75) is 34.6 Å². The second-order valence-corrected chi connectivity index (χ2v) is 2.95. The van der Waals surface area contributed by atoms with Gasteiger partial charge in [-0.15, -0.1) is 0 Å². The molecule has 10 heavy (non-hydrogen) atoms. The molecule has 1 heteroatoms. The topological polar surface area (TPSA) is 9.23 Å². The lowest BCUT2D eigenvalue weighted by Gasteiger charge is -2.13. The van der Waals surface area contributed by atoms with Crippen LogP contribution in [0.15, 0.2) is 11.3 Å². The highest BCUT2D eigenvalue weighted by atomic mass is 16.5. The van der Waals surface area contributed by atoms with E-state index in [1.54, 1.807) is 0 Å². The van der Waals surface area contributed by atoms with Crippen molar-refractivity contribution in [1.82, 2.24) is 0 Å². The average Bonchev–Trinajstić information content (AvgIpc) is 1.81. The largest absolute Gasteiger partial charge is 0.498 e. The predicted molar refractivity (Wildman–Crippen MR) is 44.8 cm³/mol. The zero-order valence-electron chi connectivity index (χ0n) is 7.69. The summed E-state index contributed by atoms with van der Waals surface area (Å²) in [5.41, 5.74) is 1.29. The van der Waals surface area contributed by atoms with Crippen LogP contribution in [0, 0.1) is 5.92 Å². The molecule has 0 amide bonds. The minimum Gasteiger partial charge on any atom is -0.498 e. The van der Waals surface area contributed by atoms with Gasteiger partial charge in [-0.3, -0.25) is 0 Å². The van der Waals surface area contributed by atoms with Crippen molar-refractivity contribution in [2.75, 3.05) is 6.61 Å². The van der Waals surface area contributed by atoms with Crippen LogP contribution in [0.25, 0.3) is 0 Å². The van der Waals surface area contributed by atoms with E-state index >= 15 is 0 Å². The lowest BCUT2D eigenvalue weighted by molar-refractivity contribution is 0.196. The summed E-state index contributed by atoms with van der Waals surface area (Å²) in [6.07, 6.45) is 0. The van der Waals surface area contributed by atoms with E-state index in [0.29, 0.717) is 5.92 Å². The highest BCUT2D eigenvalue weighted by Crippen LogP contribution is 2.15. The van der Waals surface area contributed by atoms with Crippen LogP contribution in [-0.2, 0) is 4.74 Å². The summed E-state index contributed by atoms with van der Waals surface area (Å²) < 4.78 is 5.44. The van der Waals surface area contributed by atoms with Crippen LogP contribution >= 0.6 is 0 Å². The maximum atomic E-state index is 5.44. The summed E-state index contributed by atoms with van der Waals surface area (Å²) in [4.78, 5) is 0. The first kappa shape index (κ1) is 9.54. The van der Waals surface area contributed by atoms with Gasteiger partial charge in [0.15, 0.2) is 0 Å². The smallest absolute Gasteiger partial charge is 0.0971 e. The van der Waals surface area contributed by atoms with Crippen LogP contribution < -0.4 is 0 Å². The predicted octanol–water partition coefficient (Wildman–Crippen LogP) is 2.97. The molecule has 0 aliphatic carbocycles. The summed E-state index contributed by atoms with van der Waals surface area (Å²) in [5, 5.41) is 0. The quantitative estimate of drug-likeness (QED) is 0.550. The fourth-order valence-corrected chi connectivity index (χ4v) is 1.04. The molecule has 0 aromatic rings. The zero-order valence-corrected chi connectivity index (χ0v) is 7.69. The summed E-state index contributed by atoms with van der Waals surface area (Å²) >= 11 is 0. The maximum absolute atomic E-state index is 5.44. The van der Waals surface area contributed by atoms with Gasteiger partial charge < -0.3 is 4.74 Å². The molecule has 0 saturated carbocycles. The molecule has 1 nitrogen and oxygen atoms in total. The van der Waals surface area contributed by atoms with Gasteiger partial charge in [-0.1, -0.05) is 13.8 Å². The van der Waals surface area contributed by atoms with Crippen LogP contribution in [0.3, 0.4) is 0 Å². The molecule has 0 aromatic carbocycles. The molecule has 0 atom stereocenters. The van der Waals surface area contributed by atoms with Crippen LogP contribution in [-0.4, -0.2) is 6.61 Å². The van der Waals surface area contributed by atoms with E-state index in [0.717, 1.165) is 12.4 Å². The lowest BCUT2D eigenvalue weighted by atomic mass is 10.1. The fourth-order valence-electron chi connectivity index (χ4n) is 1.04. The third-order valence-electron chi connectivity index (χ3n) is 1.32. The Balaban J connectivity index is 4.13. The van der Waals surface area contributed by atoms with Gasteiger partial charge in [0.2, 0.25) is 0 Å². The third-order valence-corrected chi connectivity index (χ3v) is 1.32. The Labute approximate surface area is 64.1 Å². The van der Waals surface area contributed by atoms with Gasteiger partial charge in [-0.05, 0) is 26.3 Å². The van der Waals surface area contributed by atoms with Crippen molar-refractivity contribution in [2.24, 2.45) is 5.92 Å². The van der Waals surface area contributed by atoms with Crippen LogP contribution in [0.1, 0.15) is 34.6 Å². The molecule has 0 fully saturated rings.